The second-order valence-electron chi connectivity index (χ2n) is 9.21. The maximum absolute atomic E-state index is 14.8. The summed E-state index contributed by atoms with van der Waals surface area (Å²) < 4.78 is 49.2. The monoisotopic (exact) mass is 639 g/mol. The number of carbonyl (C=O) groups is 2. The van der Waals surface area contributed by atoms with Gasteiger partial charge in [0.2, 0.25) is 0 Å². The van der Waals surface area contributed by atoms with Gasteiger partial charge in [0, 0.05) is 34.2 Å². The zero-order valence-electron chi connectivity index (χ0n) is 21.9. The van der Waals surface area contributed by atoms with Gasteiger partial charge in [-0.3, -0.25) is 9.89 Å². The molecule has 2 heterocycles. The number of aliphatic imine (C=N–C) groups is 1. The number of allylic oxidation sites excluding steroid dienone is 2. The average Bonchev–Trinajstić information content (AvgIpc) is 3.14. The average molecular weight is 641 g/mol. The van der Waals surface area contributed by atoms with Crippen molar-refractivity contribution in [1.82, 2.24) is 10.2 Å². The molecule has 0 saturated carbocycles. The number of carboxylic acids is 1. The minimum atomic E-state index is -3.19. The lowest BCUT2D eigenvalue weighted by molar-refractivity contribution is -0.139. The van der Waals surface area contributed by atoms with Gasteiger partial charge in [0.05, 0.1) is 24.6 Å². The van der Waals surface area contributed by atoms with Gasteiger partial charge in [-0.05, 0) is 37.0 Å². The van der Waals surface area contributed by atoms with Crippen molar-refractivity contribution in [3.05, 3.63) is 92.6 Å². The summed E-state index contributed by atoms with van der Waals surface area (Å²) in [4.78, 5) is 30.8. The summed E-state index contributed by atoms with van der Waals surface area (Å²) in [6, 6.07) is 3.00. The lowest BCUT2D eigenvalue weighted by Gasteiger charge is -2.30. The Morgan fingerprint density at radius 3 is 2.70 bits per heavy atom. The maximum Gasteiger partial charge on any atom is 0.338 e. The Kier molecular flexibility index (Phi) is 10.6. The van der Waals surface area contributed by atoms with E-state index in [9.17, 15) is 22.8 Å². The Bertz CT molecular complexity index is 1330. The van der Waals surface area contributed by atoms with Crippen LogP contribution in [-0.2, 0) is 14.3 Å². The third-order valence-electron chi connectivity index (χ3n) is 5.99. The summed E-state index contributed by atoms with van der Waals surface area (Å²) in [6.45, 7) is 10.5. The van der Waals surface area contributed by atoms with Gasteiger partial charge in [0.1, 0.15) is 17.7 Å². The molecule has 3 rings (SSSR count). The third-order valence-corrected chi connectivity index (χ3v) is 7.43. The molecule has 2 aliphatic heterocycles. The highest BCUT2D eigenvalue weighted by molar-refractivity contribution is 9.10. The van der Waals surface area contributed by atoms with Crippen LogP contribution in [0.3, 0.4) is 0 Å². The number of hydrogen-bond acceptors (Lipinski definition) is 7. The molecule has 2 N–H and O–H groups in total. The molecule has 0 spiro atoms. The van der Waals surface area contributed by atoms with E-state index < -0.39 is 42.2 Å². The normalized spacial score (nSPS) is 21.0. The van der Waals surface area contributed by atoms with Crippen molar-refractivity contribution in [3.63, 3.8) is 0 Å². The van der Waals surface area contributed by atoms with Gasteiger partial charge in [-0.25, -0.2) is 22.8 Å². The van der Waals surface area contributed by atoms with E-state index in [0.29, 0.717) is 26.9 Å². The molecule has 1 aromatic carbocycles. The number of nitrogens with one attached hydrogen (secondary N) is 1. The number of benzene rings is 1. The lowest BCUT2D eigenvalue weighted by atomic mass is 9.95. The van der Waals surface area contributed by atoms with E-state index >= 15 is 0 Å². The molecule has 0 aliphatic carbocycles. The number of amidine groups is 1. The predicted octanol–water partition coefficient (Wildman–Crippen LogP) is 5.99. The fourth-order valence-corrected chi connectivity index (χ4v) is 5.43. The number of thioether (sulfide) groups is 1. The van der Waals surface area contributed by atoms with Crippen molar-refractivity contribution >= 4 is 45.5 Å². The molecule has 0 bridgehead atoms. The number of ether oxygens (including phenoxy) is 1. The summed E-state index contributed by atoms with van der Waals surface area (Å²) in [5.74, 6) is -6.74. The van der Waals surface area contributed by atoms with Crippen molar-refractivity contribution in [2.75, 3.05) is 26.2 Å². The van der Waals surface area contributed by atoms with Crippen LogP contribution in [-0.4, -0.2) is 59.9 Å². The van der Waals surface area contributed by atoms with Crippen LogP contribution in [0.5, 0.6) is 0 Å². The zero-order valence-corrected chi connectivity index (χ0v) is 24.3. The fourth-order valence-electron chi connectivity index (χ4n) is 4.18. The molecular formula is C28H29BrF3N3O4S. The first-order chi connectivity index (χ1) is 18.8. The van der Waals surface area contributed by atoms with Gasteiger partial charge in [-0.2, -0.15) is 0 Å². The second-order valence-corrected chi connectivity index (χ2v) is 11.1. The Morgan fingerprint density at radius 2 is 2.08 bits per heavy atom. The number of nitrogens with zero attached hydrogens (tertiary/aromatic N) is 2. The summed E-state index contributed by atoms with van der Waals surface area (Å²) in [6.07, 6.45) is 3.47. The molecule has 1 fully saturated rings. The molecule has 7 nitrogen and oxygen atoms in total. The van der Waals surface area contributed by atoms with Gasteiger partial charge in [0.15, 0.2) is 0 Å². The number of likely N-dealkylation sites (tertiary alicyclic amines) is 1. The van der Waals surface area contributed by atoms with E-state index in [1.165, 1.54) is 34.9 Å². The summed E-state index contributed by atoms with van der Waals surface area (Å²) in [5.41, 5.74) is 1.64. The lowest BCUT2D eigenvalue weighted by Crippen LogP contribution is -2.39. The number of halogens is 4. The Balaban J connectivity index is 2.07. The Hall–Kier alpha value is -3.09. The van der Waals surface area contributed by atoms with E-state index in [0.717, 1.165) is 11.6 Å². The SMILES string of the molecule is C=C(C)/C=C\SC(=C)C1=N[C@@H](c2ccc(F)cc2Br)C(C(=O)OCC)=C(CN2CC(/C=C/C(=O)O)C(F)(F)C2)N1. The van der Waals surface area contributed by atoms with Crippen LogP contribution in [0.15, 0.2) is 86.2 Å². The molecule has 1 saturated heterocycles. The van der Waals surface area contributed by atoms with Gasteiger partial charge in [0.25, 0.3) is 5.92 Å². The van der Waals surface area contributed by atoms with Crippen LogP contribution in [0.1, 0.15) is 25.5 Å². The van der Waals surface area contributed by atoms with Crippen LogP contribution in [0.4, 0.5) is 13.2 Å². The molecule has 0 radical (unpaired) electrons. The Labute approximate surface area is 243 Å². The molecule has 40 heavy (non-hydrogen) atoms. The van der Waals surface area contributed by atoms with Gasteiger partial charge in [-0.1, -0.05) is 64.6 Å². The van der Waals surface area contributed by atoms with Crippen LogP contribution in [0.2, 0.25) is 0 Å². The molecule has 12 heteroatoms. The van der Waals surface area contributed by atoms with Crippen molar-refractivity contribution in [1.29, 1.82) is 0 Å². The highest BCUT2D eigenvalue weighted by atomic mass is 79.9. The van der Waals surface area contributed by atoms with Gasteiger partial charge >= 0.3 is 11.9 Å². The summed E-state index contributed by atoms with van der Waals surface area (Å²) in [5, 5.41) is 13.8. The molecule has 1 aromatic rings. The van der Waals surface area contributed by atoms with Crippen LogP contribution in [0.25, 0.3) is 0 Å². The van der Waals surface area contributed by atoms with Gasteiger partial charge < -0.3 is 15.2 Å². The Morgan fingerprint density at radius 1 is 1.35 bits per heavy atom. The van der Waals surface area contributed by atoms with Crippen molar-refractivity contribution in [2.24, 2.45) is 10.9 Å². The smallest absolute Gasteiger partial charge is 0.338 e. The summed E-state index contributed by atoms with van der Waals surface area (Å²) in [7, 11) is 0. The predicted molar refractivity (Wildman–Crippen MR) is 153 cm³/mol. The van der Waals surface area contributed by atoms with E-state index in [2.05, 4.69) is 34.4 Å². The van der Waals surface area contributed by atoms with E-state index in [-0.39, 0.29) is 31.0 Å². The number of alkyl halides is 2. The minimum Gasteiger partial charge on any atom is -0.478 e. The van der Waals surface area contributed by atoms with E-state index in [1.54, 1.807) is 18.4 Å². The van der Waals surface area contributed by atoms with Crippen LogP contribution >= 0.6 is 27.7 Å². The highest BCUT2D eigenvalue weighted by Crippen LogP contribution is 2.39. The fraction of sp³-hybridized carbons (Fsp3) is 0.321. The zero-order chi connectivity index (χ0) is 29.6. The van der Waals surface area contributed by atoms with Crippen LogP contribution < -0.4 is 5.32 Å². The first-order valence-electron chi connectivity index (χ1n) is 12.2. The molecule has 2 aliphatic rings. The number of carboxylic acid groups (broad SMARTS) is 1. The first kappa shape index (κ1) is 31.4. The van der Waals surface area contributed by atoms with Crippen molar-refractivity contribution in [3.8, 4) is 0 Å². The molecular weight excluding hydrogens is 611 g/mol. The van der Waals surface area contributed by atoms with Crippen molar-refractivity contribution < 1.29 is 32.6 Å². The highest BCUT2D eigenvalue weighted by Gasteiger charge is 2.47. The maximum atomic E-state index is 14.8. The van der Waals surface area contributed by atoms with E-state index in [1.807, 2.05) is 6.92 Å². The molecule has 1 unspecified atom stereocenters. The molecule has 0 aromatic heterocycles. The summed E-state index contributed by atoms with van der Waals surface area (Å²) >= 11 is 4.61. The first-order valence-corrected chi connectivity index (χ1v) is 13.9. The third kappa shape index (κ3) is 7.98. The quantitative estimate of drug-likeness (QED) is 0.175. The number of rotatable bonds is 11. The molecule has 2 atom stereocenters. The second kappa shape index (κ2) is 13.5. The number of hydrogen-bond donors (Lipinski definition) is 2. The van der Waals surface area contributed by atoms with Crippen molar-refractivity contribution in [2.45, 2.75) is 25.8 Å². The molecule has 214 valence electrons. The topological polar surface area (TPSA) is 91.2 Å². The van der Waals surface area contributed by atoms with E-state index in [4.69, 9.17) is 14.8 Å². The number of carbonyl (C=O) groups excluding carboxylic acids is 1. The number of aliphatic carboxylic acids is 1. The number of esters is 1. The largest absolute Gasteiger partial charge is 0.478 e. The van der Waals surface area contributed by atoms with Gasteiger partial charge in [-0.15, -0.1) is 0 Å². The standard InChI is InChI=1S/C28H29BrF3N3O4S/c1-5-39-27(38)24-22(14-35-13-18(6-9-23(36)37)28(31,32)15-35)33-26(17(4)40-11-10-16(2)3)34-25(24)20-8-7-19(30)12-21(20)29/h6-12,18,25H,2,4-5,13-15H2,1,3H3,(H,33,34)(H,36,37)/b9-6+,11-10-/t18?,25-/m0/s1. The minimum absolute atomic E-state index is 0.0571. The van der Waals surface area contributed by atoms with Crippen LogP contribution in [0, 0.1) is 11.7 Å². The molecule has 0 amide bonds.